The van der Waals surface area contributed by atoms with Crippen LogP contribution in [0.4, 0.5) is 0 Å². The van der Waals surface area contributed by atoms with Crippen LogP contribution < -0.4 is 0 Å². The fourth-order valence-corrected chi connectivity index (χ4v) is 8.60. The van der Waals surface area contributed by atoms with E-state index < -0.39 is 80.6 Å². The molecule has 0 radical (unpaired) electrons. The van der Waals surface area contributed by atoms with Crippen LogP contribution in [0.5, 0.6) is 0 Å². The quantitative estimate of drug-likeness (QED) is 0.0165. The van der Waals surface area contributed by atoms with Gasteiger partial charge in [0.15, 0.2) is 16.1 Å². The number of hydrogen-bond acceptors (Lipinski definition) is 10. The third-order valence-corrected chi connectivity index (χ3v) is 13.8. The van der Waals surface area contributed by atoms with Gasteiger partial charge in [-0.1, -0.05) is 194 Å². The molecule has 0 aromatic carbocycles. The summed E-state index contributed by atoms with van der Waals surface area (Å²) in [5.74, 6) is -10.8. The highest BCUT2D eigenvalue weighted by atomic mass is 32.2. The number of hydrogen-bond donors (Lipinski definition) is 5. The lowest BCUT2D eigenvalue weighted by Crippen LogP contribution is -2.50. The topological polar surface area (TPSA) is 256 Å². The lowest BCUT2D eigenvalue weighted by Gasteiger charge is -2.31. The van der Waals surface area contributed by atoms with Crippen LogP contribution in [0.25, 0.3) is 0 Å². The summed E-state index contributed by atoms with van der Waals surface area (Å²) in [7, 11) is -5.49. The molecule has 0 aromatic heterocycles. The number of carboxylic acid groups (broad SMARTS) is 4. The molecule has 0 saturated heterocycles. The normalized spacial score (nSPS) is 13.5. The second-order valence-electron chi connectivity index (χ2n) is 18.2. The second-order valence-corrected chi connectivity index (χ2v) is 19.8. The maximum atomic E-state index is 13.4. The summed E-state index contributed by atoms with van der Waals surface area (Å²) in [5, 5.41) is 36.9. The molecule has 0 bridgehead atoms. The minimum atomic E-state index is -5.49. The number of carboxylic acids is 4. The van der Waals surface area contributed by atoms with E-state index in [1.54, 1.807) is 0 Å². The maximum absolute atomic E-state index is 13.4. The van der Waals surface area contributed by atoms with Gasteiger partial charge in [-0.3, -0.25) is 33.3 Å². The van der Waals surface area contributed by atoms with Gasteiger partial charge in [0.1, 0.15) is 12.2 Å². The minimum Gasteiger partial charge on any atom is -0.480 e. The van der Waals surface area contributed by atoms with Crippen LogP contribution in [0, 0.1) is 10.8 Å². The molecule has 0 aliphatic heterocycles. The lowest BCUT2D eigenvalue weighted by atomic mass is 9.81. The Balaban J connectivity index is 5.43. The smallest absolute Gasteiger partial charge is 0.327 e. The molecule has 0 aliphatic rings. The fraction of sp³-hybridized carbons (Fsp3) is 0.875. The van der Waals surface area contributed by atoms with Crippen LogP contribution in [-0.2, 0) is 48.4 Å². The highest BCUT2D eigenvalue weighted by Gasteiger charge is 2.53. The van der Waals surface area contributed by atoms with Crippen LogP contribution in [0.1, 0.15) is 240 Å². The number of aliphatic carboxylic acids is 4. The molecule has 3 unspecified atom stereocenters. The first-order valence-corrected chi connectivity index (χ1v) is 26.1. The Morgan fingerprint density at radius 1 is 0.422 bits per heavy atom. The Morgan fingerprint density at radius 3 is 0.891 bits per heavy atom. The van der Waals surface area contributed by atoms with Gasteiger partial charge in [0.2, 0.25) is 0 Å². The predicted molar refractivity (Wildman–Crippen MR) is 246 cm³/mol. The molecule has 3 atom stereocenters. The Hall–Kier alpha value is -3.27. The molecule has 0 aromatic rings. The zero-order chi connectivity index (χ0) is 48.4. The molecule has 0 amide bonds. The van der Waals surface area contributed by atoms with E-state index in [0.29, 0.717) is 12.8 Å². The first-order chi connectivity index (χ1) is 30.3. The van der Waals surface area contributed by atoms with Crippen LogP contribution in [0.2, 0.25) is 0 Å². The number of ether oxygens (including phenoxy) is 2. The van der Waals surface area contributed by atoms with E-state index in [9.17, 15) is 62.2 Å². The van der Waals surface area contributed by atoms with Crippen molar-refractivity contribution >= 4 is 45.9 Å². The summed E-state index contributed by atoms with van der Waals surface area (Å²) in [6, 6.07) is 0. The summed E-state index contributed by atoms with van der Waals surface area (Å²) >= 11 is 0. The molecular formula is C48H86O15S. The van der Waals surface area contributed by atoms with Gasteiger partial charge >= 0.3 is 35.8 Å². The Bertz CT molecular complexity index is 1420. The summed E-state index contributed by atoms with van der Waals surface area (Å²) in [5.41, 5.74) is -5.40. The standard InChI is InChI=1S/C48H86O15S/c1-5-7-9-11-13-15-17-19-21-23-25-27-29-31-33-35-39(47(3,43(51)52)44(53)54)62-41(49)37-38(64(59,60)61)42(50)63-40(48(4,45(55)56)46(57)58)36-34-32-30-28-26-24-22-20-18-16-14-12-10-8-6-2/h38-40H,5-37H2,1-4H3,(H,51,52)(H,53,54)(H,55,56)(H,57,58)(H,59,60,61). The first kappa shape index (κ1) is 60.7. The van der Waals surface area contributed by atoms with Crippen LogP contribution in [0.15, 0.2) is 0 Å². The van der Waals surface area contributed by atoms with Gasteiger partial charge in [0.25, 0.3) is 10.1 Å². The van der Waals surface area contributed by atoms with E-state index in [1.807, 2.05) is 0 Å². The van der Waals surface area contributed by atoms with Crippen molar-refractivity contribution in [1.29, 1.82) is 0 Å². The first-order valence-electron chi connectivity index (χ1n) is 24.6. The zero-order valence-corrected chi connectivity index (χ0v) is 40.6. The predicted octanol–water partition coefficient (Wildman–Crippen LogP) is 11.3. The van der Waals surface area contributed by atoms with Crippen LogP contribution in [0.3, 0.4) is 0 Å². The van der Waals surface area contributed by atoms with E-state index in [2.05, 4.69) is 13.8 Å². The molecule has 15 nitrogen and oxygen atoms in total. The molecule has 64 heavy (non-hydrogen) atoms. The van der Waals surface area contributed by atoms with Crippen molar-refractivity contribution in [2.45, 2.75) is 257 Å². The molecule has 374 valence electrons. The van der Waals surface area contributed by atoms with Gasteiger partial charge in [0, 0.05) is 0 Å². The summed E-state index contributed by atoms with van der Waals surface area (Å²) in [6.45, 7) is 6.05. The number of unbranched alkanes of at least 4 members (excludes halogenated alkanes) is 28. The number of carbonyl (C=O) groups excluding carboxylic acids is 2. The highest BCUT2D eigenvalue weighted by molar-refractivity contribution is 7.87. The SMILES string of the molecule is CCCCCCCCCCCCCCCCCC(OC(=O)CC(C(=O)OC(CCCCCCCCCCCCCCCCC)C(C)(C(=O)O)C(=O)O)S(=O)(=O)O)C(C)(C(=O)O)C(=O)O. The molecule has 0 saturated carbocycles. The number of rotatable bonds is 44. The molecule has 0 rings (SSSR count). The summed E-state index contributed by atoms with van der Waals surface area (Å²) < 4.78 is 45.4. The largest absolute Gasteiger partial charge is 0.480 e. The Morgan fingerprint density at radius 2 is 0.656 bits per heavy atom. The van der Waals surface area contributed by atoms with Gasteiger partial charge in [-0.2, -0.15) is 8.42 Å². The van der Waals surface area contributed by atoms with Crippen molar-refractivity contribution in [3.8, 4) is 0 Å². The van der Waals surface area contributed by atoms with Crippen molar-refractivity contribution in [2.75, 3.05) is 0 Å². The van der Waals surface area contributed by atoms with Crippen molar-refractivity contribution in [3.63, 3.8) is 0 Å². The van der Waals surface area contributed by atoms with Crippen molar-refractivity contribution in [2.24, 2.45) is 10.8 Å². The number of esters is 2. The molecule has 0 spiro atoms. The third-order valence-electron chi connectivity index (χ3n) is 12.7. The van der Waals surface area contributed by atoms with Gasteiger partial charge < -0.3 is 29.9 Å². The zero-order valence-electron chi connectivity index (χ0n) is 39.8. The lowest BCUT2D eigenvalue weighted by molar-refractivity contribution is -0.184. The molecule has 5 N–H and O–H groups in total. The van der Waals surface area contributed by atoms with Gasteiger partial charge in [-0.15, -0.1) is 0 Å². The summed E-state index contributed by atoms with van der Waals surface area (Å²) in [6.07, 6.45) is 25.6. The van der Waals surface area contributed by atoms with E-state index in [0.717, 1.165) is 78.1 Å². The summed E-state index contributed by atoms with van der Waals surface area (Å²) in [4.78, 5) is 75.6. The van der Waals surface area contributed by atoms with E-state index >= 15 is 0 Å². The second kappa shape index (κ2) is 35.0. The molecule has 0 aliphatic carbocycles. The Labute approximate surface area is 384 Å². The maximum Gasteiger partial charge on any atom is 0.327 e. The van der Waals surface area contributed by atoms with Crippen LogP contribution in [-0.4, -0.2) is 86.7 Å². The molecule has 0 fully saturated rings. The van der Waals surface area contributed by atoms with Crippen molar-refractivity contribution < 1.29 is 71.6 Å². The van der Waals surface area contributed by atoms with Gasteiger partial charge in [0.05, 0.1) is 6.42 Å². The van der Waals surface area contributed by atoms with Crippen LogP contribution >= 0.6 is 0 Å². The fourth-order valence-electron chi connectivity index (χ4n) is 7.95. The average molecular weight is 935 g/mol. The van der Waals surface area contributed by atoms with Crippen molar-refractivity contribution in [3.05, 3.63) is 0 Å². The third kappa shape index (κ3) is 24.9. The number of carbonyl (C=O) groups is 6. The van der Waals surface area contributed by atoms with Gasteiger partial charge in [-0.05, 0) is 39.5 Å². The molecule has 0 heterocycles. The average Bonchev–Trinajstić information content (AvgIpc) is 3.23. The molecule has 16 heteroatoms. The monoisotopic (exact) mass is 935 g/mol. The minimum absolute atomic E-state index is 0.217. The highest BCUT2D eigenvalue weighted by Crippen LogP contribution is 2.33. The van der Waals surface area contributed by atoms with Crippen molar-refractivity contribution in [1.82, 2.24) is 0 Å². The molecular weight excluding hydrogens is 849 g/mol. The van der Waals surface area contributed by atoms with E-state index in [1.165, 1.54) is 103 Å². The van der Waals surface area contributed by atoms with E-state index in [-0.39, 0.29) is 25.7 Å². The van der Waals surface area contributed by atoms with Gasteiger partial charge in [-0.25, -0.2) is 0 Å². The van der Waals surface area contributed by atoms with E-state index in [4.69, 9.17) is 9.47 Å². The Kier molecular flexibility index (Phi) is 33.2.